The number of hydrogen-bond acceptors (Lipinski definition) is 5. The van der Waals surface area contributed by atoms with Gasteiger partial charge in [-0.2, -0.15) is 0 Å². The number of nitrogens with zero attached hydrogens (tertiary/aromatic N) is 3. The summed E-state index contributed by atoms with van der Waals surface area (Å²) in [7, 11) is 3.64. The van der Waals surface area contributed by atoms with Crippen LogP contribution < -0.4 is 4.90 Å². The molecule has 1 heterocycles. The van der Waals surface area contributed by atoms with Crippen molar-refractivity contribution in [1.82, 2.24) is 9.97 Å². The lowest BCUT2D eigenvalue weighted by Gasteiger charge is -2.13. The molecule has 0 spiro atoms. The number of carboxylic acid groups (broad SMARTS) is 1. The fraction of sp³-hybridized carbons (Fsp3) is 0.214. The van der Waals surface area contributed by atoms with Crippen LogP contribution in [0.1, 0.15) is 16.3 Å². The number of carboxylic acids is 1. The average molecular weight is 289 g/mol. The lowest BCUT2D eigenvalue weighted by Crippen LogP contribution is -2.15. The Morgan fingerprint density at radius 3 is 2.55 bits per heavy atom. The molecule has 1 aromatic heterocycles. The van der Waals surface area contributed by atoms with Gasteiger partial charge in [-0.25, -0.2) is 14.8 Å². The number of aromatic carboxylic acids is 1. The van der Waals surface area contributed by atoms with Crippen LogP contribution in [-0.2, 0) is 5.75 Å². The minimum Gasteiger partial charge on any atom is -0.477 e. The summed E-state index contributed by atoms with van der Waals surface area (Å²) in [6.45, 7) is 0. The third kappa shape index (κ3) is 3.71. The summed E-state index contributed by atoms with van der Waals surface area (Å²) in [5.74, 6) is 0.608. The van der Waals surface area contributed by atoms with Gasteiger partial charge < -0.3 is 10.0 Å². The van der Waals surface area contributed by atoms with Gasteiger partial charge in [-0.15, -0.1) is 11.8 Å². The van der Waals surface area contributed by atoms with Crippen LogP contribution in [0, 0.1) is 0 Å². The molecule has 0 fully saturated rings. The van der Waals surface area contributed by atoms with Crippen LogP contribution in [0.5, 0.6) is 0 Å². The van der Waals surface area contributed by atoms with Crippen LogP contribution in [0.2, 0.25) is 0 Å². The minimum absolute atomic E-state index is 0.0207. The highest BCUT2D eigenvalue weighted by Crippen LogP contribution is 2.22. The molecule has 2 aromatic rings. The first-order valence-corrected chi connectivity index (χ1v) is 7.01. The van der Waals surface area contributed by atoms with E-state index in [0.29, 0.717) is 17.4 Å². The molecule has 0 aliphatic heterocycles. The maximum absolute atomic E-state index is 11.1. The molecule has 0 unspecified atom stereocenters. The summed E-state index contributed by atoms with van der Waals surface area (Å²) in [5.41, 5.74) is 0.0207. The van der Waals surface area contributed by atoms with Gasteiger partial charge in [0.05, 0.1) is 5.75 Å². The van der Waals surface area contributed by atoms with E-state index in [1.54, 1.807) is 16.7 Å². The number of aromatic nitrogens is 2. The number of benzene rings is 1. The van der Waals surface area contributed by atoms with Gasteiger partial charge in [-0.05, 0) is 12.1 Å². The second kappa shape index (κ2) is 6.38. The van der Waals surface area contributed by atoms with Gasteiger partial charge in [0, 0.05) is 25.1 Å². The molecule has 0 radical (unpaired) electrons. The van der Waals surface area contributed by atoms with Gasteiger partial charge in [0.15, 0.2) is 5.69 Å². The highest BCUT2D eigenvalue weighted by atomic mass is 32.2. The molecular formula is C14H15N3O2S. The molecule has 20 heavy (non-hydrogen) atoms. The van der Waals surface area contributed by atoms with Crippen molar-refractivity contribution in [2.24, 2.45) is 0 Å². The lowest BCUT2D eigenvalue weighted by atomic mass is 10.3. The largest absolute Gasteiger partial charge is 0.477 e. The van der Waals surface area contributed by atoms with Crippen LogP contribution in [0.25, 0.3) is 0 Å². The van der Waals surface area contributed by atoms with E-state index >= 15 is 0 Å². The topological polar surface area (TPSA) is 66.3 Å². The van der Waals surface area contributed by atoms with Gasteiger partial charge in [-0.3, -0.25) is 0 Å². The molecule has 2 rings (SSSR count). The molecular weight excluding hydrogens is 274 g/mol. The molecule has 104 valence electrons. The average Bonchev–Trinajstić information content (AvgIpc) is 2.45. The zero-order chi connectivity index (χ0) is 14.5. The lowest BCUT2D eigenvalue weighted by molar-refractivity contribution is 0.0690. The van der Waals surface area contributed by atoms with Crippen LogP contribution in [0.4, 0.5) is 5.82 Å². The number of rotatable bonds is 5. The summed E-state index contributed by atoms with van der Waals surface area (Å²) >= 11 is 1.58. The quantitative estimate of drug-likeness (QED) is 0.853. The molecule has 1 N–H and O–H groups in total. The molecule has 0 saturated carbocycles. The van der Waals surface area contributed by atoms with Gasteiger partial charge >= 0.3 is 5.97 Å². The van der Waals surface area contributed by atoms with Crippen molar-refractivity contribution >= 4 is 23.5 Å². The zero-order valence-electron chi connectivity index (χ0n) is 11.3. The van der Waals surface area contributed by atoms with Crippen LogP contribution >= 0.6 is 11.8 Å². The standard InChI is InChI=1S/C14H15N3O2S/c1-17(2)13-8-11(14(18)19)15-12(16-13)9-20-10-6-4-3-5-7-10/h3-8H,9H2,1-2H3,(H,18,19). The highest BCUT2D eigenvalue weighted by molar-refractivity contribution is 7.98. The predicted molar refractivity (Wildman–Crippen MR) is 79.3 cm³/mol. The smallest absolute Gasteiger partial charge is 0.354 e. The zero-order valence-corrected chi connectivity index (χ0v) is 12.1. The van der Waals surface area contributed by atoms with Crippen molar-refractivity contribution in [3.8, 4) is 0 Å². The van der Waals surface area contributed by atoms with E-state index in [9.17, 15) is 4.79 Å². The van der Waals surface area contributed by atoms with Crippen molar-refractivity contribution in [3.63, 3.8) is 0 Å². The third-order valence-corrected chi connectivity index (χ3v) is 3.56. The van der Waals surface area contributed by atoms with E-state index in [-0.39, 0.29) is 5.69 Å². The van der Waals surface area contributed by atoms with E-state index in [1.165, 1.54) is 6.07 Å². The summed E-state index contributed by atoms with van der Waals surface area (Å²) < 4.78 is 0. The normalized spacial score (nSPS) is 10.3. The van der Waals surface area contributed by atoms with E-state index < -0.39 is 5.97 Å². The number of hydrogen-bond donors (Lipinski definition) is 1. The van der Waals surface area contributed by atoms with Crippen LogP contribution in [-0.4, -0.2) is 35.1 Å². The monoisotopic (exact) mass is 289 g/mol. The summed E-state index contributed by atoms with van der Waals surface area (Å²) in [5, 5.41) is 9.09. The summed E-state index contributed by atoms with van der Waals surface area (Å²) in [6, 6.07) is 11.3. The van der Waals surface area contributed by atoms with Crippen molar-refractivity contribution in [3.05, 3.63) is 47.9 Å². The Bertz CT molecular complexity index is 603. The maximum atomic E-state index is 11.1. The number of carbonyl (C=O) groups is 1. The van der Waals surface area contributed by atoms with E-state index in [2.05, 4.69) is 9.97 Å². The summed E-state index contributed by atoms with van der Waals surface area (Å²) in [6.07, 6.45) is 0. The maximum Gasteiger partial charge on any atom is 0.354 e. The Labute approximate surface area is 121 Å². The first-order chi connectivity index (χ1) is 9.56. The Balaban J connectivity index is 2.20. The van der Waals surface area contributed by atoms with E-state index in [1.807, 2.05) is 44.4 Å². The first kappa shape index (κ1) is 14.3. The predicted octanol–water partition coefficient (Wildman–Crippen LogP) is 2.53. The third-order valence-electron chi connectivity index (χ3n) is 2.55. The molecule has 6 heteroatoms. The van der Waals surface area contributed by atoms with Crippen molar-refractivity contribution in [1.29, 1.82) is 0 Å². The highest BCUT2D eigenvalue weighted by Gasteiger charge is 2.11. The SMILES string of the molecule is CN(C)c1cc(C(=O)O)nc(CSc2ccccc2)n1. The Kier molecular flexibility index (Phi) is 4.57. The van der Waals surface area contributed by atoms with Gasteiger partial charge in [-0.1, -0.05) is 18.2 Å². The second-order valence-corrected chi connectivity index (χ2v) is 5.38. The minimum atomic E-state index is -1.04. The second-order valence-electron chi connectivity index (χ2n) is 4.33. The number of thioether (sulfide) groups is 1. The van der Waals surface area contributed by atoms with Crippen LogP contribution in [0.3, 0.4) is 0 Å². The Morgan fingerprint density at radius 1 is 1.25 bits per heavy atom. The van der Waals surface area contributed by atoms with Gasteiger partial charge in [0.25, 0.3) is 0 Å². The first-order valence-electron chi connectivity index (χ1n) is 6.02. The molecule has 0 saturated heterocycles. The molecule has 0 aliphatic rings. The summed E-state index contributed by atoms with van der Waals surface area (Å²) in [4.78, 5) is 22.4. The fourth-order valence-corrected chi connectivity index (χ4v) is 2.33. The molecule has 0 amide bonds. The van der Waals surface area contributed by atoms with Gasteiger partial charge in [0.1, 0.15) is 11.6 Å². The molecule has 0 bridgehead atoms. The number of anilines is 1. The van der Waals surface area contributed by atoms with E-state index in [4.69, 9.17) is 5.11 Å². The van der Waals surface area contributed by atoms with Crippen molar-refractivity contribution in [2.45, 2.75) is 10.6 Å². The van der Waals surface area contributed by atoms with Crippen LogP contribution in [0.15, 0.2) is 41.3 Å². The fourth-order valence-electron chi connectivity index (χ4n) is 1.55. The molecule has 0 atom stereocenters. The Hall–Kier alpha value is -2.08. The van der Waals surface area contributed by atoms with E-state index in [0.717, 1.165) is 4.90 Å². The molecule has 5 nitrogen and oxygen atoms in total. The van der Waals surface area contributed by atoms with Crippen molar-refractivity contribution in [2.75, 3.05) is 19.0 Å². The Morgan fingerprint density at radius 2 is 1.95 bits per heavy atom. The molecule has 1 aromatic carbocycles. The molecule has 0 aliphatic carbocycles. The van der Waals surface area contributed by atoms with Crippen molar-refractivity contribution < 1.29 is 9.90 Å². The van der Waals surface area contributed by atoms with Gasteiger partial charge in [0.2, 0.25) is 0 Å².